The van der Waals surface area contributed by atoms with Gasteiger partial charge < -0.3 is 5.32 Å². The molecular weight excluding hydrogens is 326 g/mol. The second-order valence-electron chi connectivity index (χ2n) is 3.90. The van der Waals surface area contributed by atoms with Crippen LogP contribution < -0.4 is 5.32 Å². The maximum Gasteiger partial charge on any atom is 0.0593 e. The van der Waals surface area contributed by atoms with Crippen molar-refractivity contribution in [3.8, 4) is 0 Å². The molecule has 0 spiro atoms. The van der Waals surface area contributed by atoms with Crippen LogP contribution >= 0.6 is 39.0 Å². The summed E-state index contributed by atoms with van der Waals surface area (Å²) in [4.78, 5) is 1.33. The van der Waals surface area contributed by atoms with Gasteiger partial charge in [0.05, 0.1) is 6.04 Å². The van der Waals surface area contributed by atoms with Crippen LogP contribution in [0.15, 0.2) is 44.4 Å². The van der Waals surface area contributed by atoms with Gasteiger partial charge in [0, 0.05) is 14.7 Å². The molecule has 1 atom stereocenters. The summed E-state index contributed by atoms with van der Waals surface area (Å²) in [7, 11) is 2.00. The summed E-state index contributed by atoms with van der Waals surface area (Å²) >= 11 is 7.21. The van der Waals surface area contributed by atoms with Gasteiger partial charge in [-0.2, -0.15) is 11.3 Å². The molecule has 0 saturated heterocycles. The van der Waals surface area contributed by atoms with Gasteiger partial charge in [-0.25, -0.2) is 0 Å². The van der Waals surface area contributed by atoms with Gasteiger partial charge in [-0.1, -0.05) is 19.1 Å². The number of hydrogen-bond acceptors (Lipinski definition) is 3. The molecule has 0 bridgehead atoms. The monoisotopic (exact) mass is 341 g/mol. The van der Waals surface area contributed by atoms with Crippen LogP contribution in [0.2, 0.25) is 0 Å². The molecule has 1 N–H and O–H groups in total. The zero-order chi connectivity index (χ0) is 13.0. The van der Waals surface area contributed by atoms with Crippen molar-refractivity contribution in [1.29, 1.82) is 0 Å². The van der Waals surface area contributed by atoms with E-state index in [1.54, 1.807) is 11.3 Å². The average Bonchev–Trinajstić information content (AvgIpc) is 2.79. The standard InChI is InChI=1S/C14H16BrNS2/c1-3-18-11-6-4-10(5-7-11)14(16-2)12-8-17-9-13(12)15/h4-9,14,16H,3H2,1-2H3. The summed E-state index contributed by atoms with van der Waals surface area (Å²) in [5, 5.41) is 7.70. The molecule has 0 fully saturated rings. The minimum absolute atomic E-state index is 0.256. The molecule has 0 aliphatic carbocycles. The average molecular weight is 342 g/mol. The predicted molar refractivity (Wildman–Crippen MR) is 85.8 cm³/mol. The van der Waals surface area contributed by atoms with E-state index in [0.717, 1.165) is 5.75 Å². The smallest absolute Gasteiger partial charge is 0.0593 e. The molecule has 2 aromatic rings. The van der Waals surface area contributed by atoms with E-state index in [4.69, 9.17) is 0 Å². The summed E-state index contributed by atoms with van der Waals surface area (Å²) < 4.78 is 1.18. The topological polar surface area (TPSA) is 12.0 Å². The molecule has 0 aliphatic rings. The van der Waals surface area contributed by atoms with E-state index in [1.165, 1.54) is 20.5 Å². The highest BCUT2D eigenvalue weighted by Gasteiger charge is 2.15. The summed E-state index contributed by atoms with van der Waals surface area (Å²) in [5.74, 6) is 1.12. The lowest BCUT2D eigenvalue weighted by atomic mass is 10.0. The van der Waals surface area contributed by atoms with Crippen LogP contribution in [-0.4, -0.2) is 12.8 Å². The van der Waals surface area contributed by atoms with Crippen LogP contribution in [0.25, 0.3) is 0 Å². The van der Waals surface area contributed by atoms with Crippen molar-refractivity contribution in [1.82, 2.24) is 5.32 Å². The van der Waals surface area contributed by atoms with Crippen LogP contribution in [0.4, 0.5) is 0 Å². The van der Waals surface area contributed by atoms with E-state index in [2.05, 4.69) is 63.2 Å². The van der Waals surface area contributed by atoms with Crippen molar-refractivity contribution in [2.75, 3.05) is 12.8 Å². The van der Waals surface area contributed by atoms with Gasteiger partial charge >= 0.3 is 0 Å². The maximum absolute atomic E-state index is 3.61. The number of rotatable bonds is 5. The van der Waals surface area contributed by atoms with Crippen molar-refractivity contribution in [3.63, 3.8) is 0 Å². The first-order chi connectivity index (χ1) is 8.76. The third-order valence-corrected chi connectivity index (χ3v) is 5.41. The number of thioether (sulfide) groups is 1. The lowest BCUT2D eigenvalue weighted by Gasteiger charge is -2.16. The van der Waals surface area contributed by atoms with Crippen molar-refractivity contribution < 1.29 is 0 Å². The lowest BCUT2D eigenvalue weighted by molar-refractivity contribution is 0.691. The fourth-order valence-electron chi connectivity index (χ4n) is 1.92. The highest BCUT2D eigenvalue weighted by Crippen LogP contribution is 2.32. The Morgan fingerprint density at radius 3 is 2.50 bits per heavy atom. The predicted octanol–water partition coefficient (Wildman–Crippen LogP) is 4.93. The molecule has 2 rings (SSSR count). The van der Waals surface area contributed by atoms with Crippen LogP contribution in [0, 0.1) is 0 Å². The fourth-order valence-corrected chi connectivity index (χ4v) is 4.14. The first-order valence-electron chi connectivity index (χ1n) is 5.88. The van der Waals surface area contributed by atoms with Crippen molar-refractivity contribution in [2.45, 2.75) is 17.9 Å². The Hall–Kier alpha value is -0.290. The van der Waals surface area contributed by atoms with Crippen molar-refractivity contribution in [2.24, 2.45) is 0 Å². The van der Waals surface area contributed by atoms with E-state index in [-0.39, 0.29) is 6.04 Å². The van der Waals surface area contributed by atoms with Crippen LogP contribution in [-0.2, 0) is 0 Å². The SMILES string of the molecule is CCSc1ccc(C(NC)c2cscc2Br)cc1. The molecule has 18 heavy (non-hydrogen) atoms. The van der Waals surface area contributed by atoms with Crippen LogP contribution in [0.3, 0.4) is 0 Å². The maximum atomic E-state index is 3.61. The number of hydrogen-bond donors (Lipinski definition) is 1. The Morgan fingerprint density at radius 1 is 1.28 bits per heavy atom. The van der Waals surface area contributed by atoms with E-state index < -0.39 is 0 Å². The van der Waals surface area contributed by atoms with Gasteiger partial charge in [0.1, 0.15) is 0 Å². The second-order valence-corrected chi connectivity index (χ2v) is 6.83. The normalized spacial score (nSPS) is 12.6. The van der Waals surface area contributed by atoms with E-state index >= 15 is 0 Å². The summed E-state index contributed by atoms with van der Waals surface area (Å²) in [6.07, 6.45) is 0. The van der Waals surface area contributed by atoms with Crippen molar-refractivity contribution in [3.05, 3.63) is 50.6 Å². The van der Waals surface area contributed by atoms with Gasteiger partial charge in [0.15, 0.2) is 0 Å². The van der Waals surface area contributed by atoms with Crippen LogP contribution in [0.5, 0.6) is 0 Å². The van der Waals surface area contributed by atoms with Crippen molar-refractivity contribution >= 4 is 39.0 Å². The fraction of sp³-hybridized carbons (Fsp3) is 0.286. The second kappa shape index (κ2) is 6.75. The van der Waals surface area contributed by atoms with E-state index in [1.807, 2.05) is 18.8 Å². The summed E-state index contributed by atoms with van der Waals surface area (Å²) in [6, 6.07) is 9.08. The zero-order valence-corrected chi connectivity index (χ0v) is 13.7. The largest absolute Gasteiger partial charge is 0.309 e. The molecule has 96 valence electrons. The molecule has 1 nitrogen and oxygen atoms in total. The molecule has 0 amide bonds. The first kappa shape index (κ1) is 14.1. The quantitative estimate of drug-likeness (QED) is 0.773. The third kappa shape index (κ3) is 3.18. The highest BCUT2D eigenvalue weighted by molar-refractivity contribution is 9.10. The number of nitrogens with one attached hydrogen (secondary N) is 1. The minimum atomic E-state index is 0.256. The van der Waals surface area contributed by atoms with E-state index in [9.17, 15) is 0 Å². The number of halogens is 1. The first-order valence-corrected chi connectivity index (χ1v) is 8.60. The van der Waals surface area contributed by atoms with Crippen LogP contribution in [0.1, 0.15) is 24.1 Å². The summed E-state index contributed by atoms with van der Waals surface area (Å²) in [6.45, 7) is 2.18. The highest BCUT2D eigenvalue weighted by atomic mass is 79.9. The van der Waals surface area contributed by atoms with Gasteiger partial charge in [-0.3, -0.25) is 0 Å². The molecular formula is C14H16BrNS2. The third-order valence-electron chi connectivity index (χ3n) is 2.77. The molecule has 1 aromatic heterocycles. The van der Waals surface area contributed by atoms with E-state index in [0.29, 0.717) is 0 Å². The Morgan fingerprint density at radius 2 is 2.00 bits per heavy atom. The zero-order valence-electron chi connectivity index (χ0n) is 10.4. The van der Waals surface area contributed by atoms with Gasteiger partial charge in [0.25, 0.3) is 0 Å². The molecule has 1 aromatic carbocycles. The molecule has 1 unspecified atom stereocenters. The van der Waals surface area contributed by atoms with Gasteiger partial charge in [-0.15, -0.1) is 11.8 Å². The molecule has 0 radical (unpaired) electrons. The van der Waals surface area contributed by atoms with Gasteiger partial charge in [0.2, 0.25) is 0 Å². The van der Waals surface area contributed by atoms with Gasteiger partial charge in [-0.05, 0) is 57.4 Å². The molecule has 4 heteroatoms. The molecule has 0 aliphatic heterocycles. The minimum Gasteiger partial charge on any atom is -0.309 e. The Kier molecular flexibility index (Phi) is 5.30. The number of benzene rings is 1. The Balaban J connectivity index is 2.25. The molecule has 0 saturated carbocycles. The number of thiophene rings is 1. The molecule has 1 heterocycles. The summed E-state index contributed by atoms with van der Waals surface area (Å²) in [5.41, 5.74) is 2.61. The Bertz CT molecular complexity index is 493. The Labute approximate surface area is 125 Å². The lowest BCUT2D eigenvalue weighted by Crippen LogP contribution is -2.17.